The highest BCUT2D eigenvalue weighted by Crippen LogP contribution is 2.39. The molecule has 6 rings (SSSR count). The number of halogens is 1. The molecule has 0 saturated heterocycles. The number of carbonyl (C=O) groups is 1. The van der Waals surface area contributed by atoms with Crippen molar-refractivity contribution in [1.29, 1.82) is 5.26 Å². The number of carbonyl (C=O) groups excluding carboxylic acids is 1. The van der Waals surface area contributed by atoms with E-state index in [1.54, 1.807) is 35.3 Å². The van der Waals surface area contributed by atoms with E-state index in [2.05, 4.69) is 41.9 Å². The standard InChI is InChI=1S/C25H24FN9O2/c1-25(6-7-25)32-24(36)37-19-5-4-16(21(19)26)18-9-20(34-33-18)31-23-29-12-17(14-3-2-8-28-11-14)22-30-15(10-27)13-35(22)23/h2-3,8-9,11-13,16,19,21H,4-7H2,1H3,(H,32,36)(H2,29,31,33,34)/t16-,19-,21-/m0/s1. The van der Waals surface area contributed by atoms with Crippen LogP contribution in [-0.4, -0.2) is 53.5 Å². The quantitative estimate of drug-likeness (QED) is 0.359. The highest BCUT2D eigenvalue weighted by atomic mass is 19.1. The predicted octanol–water partition coefficient (Wildman–Crippen LogP) is 3.99. The van der Waals surface area contributed by atoms with E-state index in [0.29, 0.717) is 35.9 Å². The first-order chi connectivity index (χ1) is 17.9. The van der Waals surface area contributed by atoms with Crippen LogP contribution in [-0.2, 0) is 4.74 Å². The summed E-state index contributed by atoms with van der Waals surface area (Å²) in [4.78, 5) is 25.2. The average molecular weight is 502 g/mol. The normalized spacial score (nSPS) is 21.9. The van der Waals surface area contributed by atoms with Crippen molar-refractivity contribution in [2.75, 3.05) is 5.32 Å². The maximum atomic E-state index is 15.2. The van der Waals surface area contributed by atoms with Gasteiger partial charge >= 0.3 is 6.09 Å². The molecule has 2 saturated carbocycles. The molecular formula is C25H24FN9O2. The molecule has 188 valence electrons. The fraction of sp³-hybridized carbons (Fsp3) is 0.360. The van der Waals surface area contributed by atoms with Crippen molar-refractivity contribution in [2.24, 2.45) is 0 Å². The molecule has 0 aliphatic heterocycles. The molecule has 0 spiro atoms. The van der Waals surface area contributed by atoms with Crippen molar-refractivity contribution in [3.05, 3.63) is 54.4 Å². The van der Waals surface area contributed by atoms with Gasteiger partial charge in [-0.1, -0.05) is 6.07 Å². The third-order valence-corrected chi connectivity index (χ3v) is 6.98. The zero-order chi connectivity index (χ0) is 25.6. The second-order valence-electron chi connectivity index (χ2n) is 9.76. The van der Waals surface area contributed by atoms with Gasteiger partial charge in [0.05, 0.1) is 6.20 Å². The Kier molecular flexibility index (Phi) is 5.48. The number of rotatable bonds is 6. The molecule has 0 bridgehead atoms. The van der Waals surface area contributed by atoms with E-state index in [0.717, 1.165) is 24.0 Å². The van der Waals surface area contributed by atoms with E-state index in [4.69, 9.17) is 4.74 Å². The molecule has 12 heteroatoms. The molecule has 11 nitrogen and oxygen atoms in total. The Bertz CT molecular complexity index is 1510. The third-order valence-electron chi connectivity index (χ3n) is 6.98. The molecule has 3 atom stereocenters. The molecule has 4 heterocycles. The number of H-pyrrole nitrogens is 1. The van der Waals surface area contributed by atoms with Crippen LogP contribution in [0.15, 0.2) is 43.0 Å². The van der Waals surface area contributed by atoms with Gasteiger partial charge in [-0.15, -0.1) is 0 Å². The molecule has 0 aromatic carbocycles. The first-order valence-electron chi connectivity index (χ1n) is 12.1. The topological polar surface area (TPSA) is 146 Å². The predicted molar refractivity (Wildman–Crippen MR) is 131 cm³/mol. The summed E-state index contributed by atoms with van der Waals surface area (Å²) in [5.74, 6) is 0.349. The number of alkyl carbamates (subject to hydrolysis) is 1. The lowest BCUT2D eigenvalue weighted by Crippen LogP contribution is -2.38. The number of hydrogen-bond acceptors (Lipinski definition) is 8. The van der Waals surface area contributed by atoms with Crippen LogP contribution in [0, 0.1) is 11.3 Å². The molecule has 4 aromatic heterocycles. The van der Waals surface area contributed by atoms with Crippen molar-refractivity contribution in [3.63, 3.8) is 0 Å². The molecule has 0 unspecified atom stereocenters. The van der Waals surface area contributed by atoms with Gasteiger partial charge in [-0.3, -0.25) is 14.5 Å². The maximum absolute atomic E-state index is 15.2. The fourth-order valence-electron chi connectivity index (χ4n) is 4.65. The van der Waals surface area contributed by atoms with Gasteiger partial charge in [0, 0.05) is 52.9 Å². The molecule has 2 fully saturated rings. The largest absolute Gasteiger partial charge is 0.443 e. The Morgan fingerprint density at radius 1 is 1.35 bits per heavy atom. The van der Waals surface area contributed by atoms with Gasteiger partial charge in [0.1, 0.15) is 18.3 Å². The number of nitriles is 1. The lowest BCUT2D eigenvalue weighted by atomic mass is 10.0. The highest BCUT2D eigenvalue weighted by molar-refractivity contribution is 5.78. The van der Waals surface area contributed by atoms with E-state index in [1.807, 2.05) is 19.1 Å². The van der Waals surface area contributed by atoms with Gasteiger partial charge < -0.3 is 15.4 Å². The van der Waals surface area contributed by atoms with Crippen LogP contribution in [0.3, 0.4) is 0 Å². The minimum atomic E-state index is -1.35. The van der Waals surface area contributed by atoms with Gasteiger partial charge in [0.2, 0.25) is 5.95 Å². The molecule has 4 aromatic rings. The Hall–Kier alpha value is -4.53. The monoisotopic (exact) mass is 501 g/mol. The second-order valence-corrected chi connectivity index (χ2v) is 9.76. The number of amides is 1. The number of nitrogens with one attached hydrogen (secondary N) is 3. The van der Waals surface area contributed by atoms with E-state index in [-0.39, 0.29) is 11.2 Å². The van der Waals surface area contributed by atoms with Gasteiger partial charge in [0.15, 0.2) is 17.2 Å². The zero-order valence-corrected chi connectivity index (χ0v) is 20.0. The van der Waals surface area contributed by atoms with Crippen molar-refractivity contribution in [2.45, 2.75) is 56.3 Å². The molecule has 2 aliphatic carbocycles. The lowest BCUT2D eigenvalue weighted by Gasteiger charge is -2.19. The smallest absolute Gasteiger partial charge is 0.407 e. The van der Waals surface area contributed by atoms with Crippen LogP contribution in [0.5, 0.6) is 0 Å². The molecule has 3 N–H and O–H groups in total. The first kappa shape index (κ1) is 22.9. The Morgan fingerprint density at radius 3 is 2.97 bits per heavy atom. The summed E-state index contributed by atoms with van der Waals surface area (Å²) in [5.41, 5.74) is 2.69. The van der Waals surface area contributed by atoms with Crippen molar-refractivity contribution in [3.8, 4) is 17.2 Å². The van der Waals surface area contributed by atoms with Crippen molar-refractivity contribution in [1.82, 2.24) is 34.9 Å². The van der Waals surface area contributed by atoms with E-state index < -0.39 is 24.3 Å². The number of ether oxygens (including phenoxy) is 1. The summed E-state index contributed by atoms with van der Waals surface area (Å²) >= 11 is 0. The van der Waals surface area contributed by atoms with Crippen LogP contribution < -0.4 is 10.6 Å². The molecular weight excluding hydrogens is 477 g/mol. The minimum Gasteiger partial charge on any atom is -0.443 e. The summed E-state index contributed by atoms with van der Waals surface area (Å²) in [7, 11) is 0. The molecule has 2 aliphatic rings. The van der Waals surface area contributed by atoms with Crippen LogP contribution in [0.1, 0.15) is 49.9 Å². The Morgan fingerprint density at radius 2 is 2.22 bits per heavy atom. The summed E-state index contributed by atoms with van der Waals surface area (Å²) in [6.07, 6.45) is 6.66. The average Bonchev–Trinajstić information content (AvgIpc) is 3.25. The fourth-order valence-corrected chi connectivity index (χ4v) is 4.65. The minimum absolute atomic E-state index is 0.219. The number of alkyl halides is 1. The van der Waals surface area contributed by atoms with Gasteiger partial charge in [-0.25, -0.2) is 19.2 Å². The summed E-state index contributed by atoms with van der Waals surface area (Å²) < 4.78 is 22.3. The number of aromatic amines is 1. The number of fused-ring (bicyclic) bond motifs is 1. The van der Waals surface area contributed by atoms with E-state index in [1.165, 1.54) is 0 Å². The van der Waals surface area contributed by atoms with E-state index >= 15 is 4.39 Å². The first-order valence-corrected chi connectivity index (χ1v) is 12.1. The number of imidazole rings is 1. The van der Waals surface area contributed by atoms with Crippen LogP contribution in [0.25, 0.3) is 16.8 Å². The van der Waals surface area contributed by atoms with Crippen LogP contribution in [0.4, 0.5) is 21.0 Å². The van der Waals surface area contributed by atoms with Gasteiger partial charge in [0.25, 0.3) is 0 Å². The van der Waals surface area contributed by atoms with Crippen molar-refractivity contribution >= 4 is 23.5 Å². The molecule has 37 heavy (non-hydrogen) atoms. The molecule has 1 amide bonds. The Balaban J connectivity index is 1.19. The number of hydrogen-bond donors (Lipinski definition) is 3. The summed E-state index contributed by atoms with van der Waals surface area (Å²) in [6, 6.07) is 7.48. The maximum Gasteiger partial charge on any atom is 0.407 e. The SMILES string of the molecule is CC1(NC(=O)O[C@H]2CC[C@@H](c3cc(Nc4ncc(-c5cccnc5)c5nc(C#N)cn45)n[nH]3)[C@@H]2F)CC1. The van der Waals surface area contributed by atoms with Crippen LogP contribution >= 0.6 is 0 Å². The number of pyridine rings is 1. The lowest BCUT2D eigenvalue weighted by molar-refractivity contribution is 0.0546. The highest BCUT2D eigenvalue weighted by Gasteiger charge is 2.43. The summed E-state index contributed by atoms with van der Waals surface area (Å²) in [5, 5.41) is 22.5. The van der Waals surface area contributed by atoms with Crippen molar-refractivity contribution < 1.29 is 13.9 Å². The third kappa shape index (κ3) is 4.44. The number of nitrogens with zero attached hydrogens (tertiary/aromatic N) is 6. The van der Waals surface area contributed by atoms with Gasteiger partial charge in [-0.2, -0.15) is 10.4 Å². The van der Waals surface area contributed by atoms with E-state index in [9.17, 15) is 10.1 Å². The Labute approximate surface area is 211 Å². The number of aromatic nitrogens is 6. The zero-order valence-electron chi connectivity index (χ0n) is 20.0. The second kappa shape index (κ2) is 8.85. The molecule has 0 radical (unpaired) electrons. The van der Waals surface area contributed by atoms with Gasteiger partial charge in [-0.05, 0) is 38.7 Å². The number of anilines is 2. The van der Waals surface area contributed by atoms with Crippen LogP contribution in [0.2, 0.25) is 0 Å². The summed E-state index contributed by atoms with van der Waals surface area (Å²) in [6.45, 7) is 1.94.